The fourth-order valence-electron chi connectivity index (χ4n) is 1.48. The van der Waals surface area contributed by atoms with Crippen molar-refractivity contribution in [1.82, 2.24) is 25.1 Å². The van der Waals surface area contributed by atoms with Crippen LogP contribution < -0.4 is 5.32 Å². The van der Waals surface area contributed by atoms with Crippen molar-refractivity contribution in [2.45, 2.75) is 20.0 Å². The molecule has 0 aliphatic carbocycles. The van der Waals surface area contributed by atoms with E-state index in [-0.39, 0.29) is 0 Å². The van der Waals surface area contributed by atoms with E-state index in [1.54, 1.807) is 0 Å². The van der Waals surface area contributed by atoms with Crippen molar-refractivity contribution >= 4 is 0 Å². The summed E-state index contributed by atoms with van der Waals surface area (Å²) in [7, 11) is 1.95. The summed E-state index contributed by atoms with van der Waals surface area (Å²) in [4.78, 5) is 7.93. The van der Waals surface area contributed by atoms with Crippen LogP contribution in [0.4, 0.5) is 0 Å². The van der Waals surface area contributed by atoms with Gasteiger partial charge in [0.15, 0.2) is 0 Å². The van der Waals surface area contributed by atoms with Gasteiger partial charge in [0.05, 0.1) is 6.20 Å². The highest BCUT2D eigenvalue weighted by Gasteiger charge is 2.02. The van der Waals surface area contributed by atoms with E-state index >= 15 is 0 Å². The number of hydrogen-bond acceptors (Lipinski definition) is 4. The quantitative estimate of drug-likeness (QED) is 0.823. The monoisotopic (exact) mass is 217 g/mol. The van der Waals surface area contributed by atoms with Crippen molar-refractivity contribution in [3.8, 4) is 0 Å². The van der Waals surface area contributed by atoms with Crippen LogP contribution in [0.25, 0.3) is 0 Å². The lowest BCUT2D eigenvalue weighted by Gasteiger charge is -2.03. The highest BCUT2D eigenvalue weighted by molar-refractivity contribution is 5.15. The van der Waals surface area contributed by atoms with Gasteiger partial charge < -0.3 is 5.32 Å². The lowest BCUT2D eigenvalue weighted by Crippen LogP contribution is -2.13. The summed E-state index contributed by atoms with van der Waals surface area (Å²) in [6.45, 7) is 3.65. The molecule has 0 saturated carbocycles. The van der Waals surface area contributed by atoms with Crippen LogP contribution in [0.15, 0.2) is 24.9 Å². The first-order valence-corrected chi connectivity index (χ1v) is 5.19. The molecule has 0 bridgehead atoms. The molecule has 1 N–H and O–H groups in total. The molecule has 0 aliphatic heterocycles. The highest BCUT2D eigenvalue weighted by atomic mass is 15.3. The zero-order valence-corrected chi connectivity index (χ0v) is 9.51. The van der Waals surface area contributed by atoms with Gasteiger partial charge in [-0.3, -0.25) is 4.68 Å². The molecule has 0 fully saturated rings. The topological polar surface area (TPSA) is 55.6 Å². The smallest absolute Gasteiger partial charge is 0.115 e. The first kappa shape index (κ1) is 10.8. The molecular weight excluding hydrogens is 202 g/mol. The second-order valence-electron chi connectivity index (χ2n) is 3.73. The lowest BCUT2D eigenvalue weighted by atomic mass is 10.2. The zero-order valence-electron chi connectivity index (χ0n) is 9.51. The van der Waals surface area contributed by atoms with Gasteiger partial charge >= 0.3 is 0 Å². The van der Waals surface area contributed by atoms with Crippen molar-refractivity contribution in [2.75, 3.05) is 0 Å². The predicted octanol–water partition coefficient (Wildman–Crippen LogP) is 0.808. The molecule has 5 nitrogen and oxygen atoms in total. The predicted molar refractivity (Wildman–Crippen MR) is 60.5 cm³/mol. The van der Waals surface area contributed by atoms with E-state index in [4.69, 9.17) is 0 Å². The Balaban J connectivity index is 1.87. The number of hydrogen-bond donors (Lipinski definition) is 1. The van der Waals surface area contributed by atoms with Crippen LogP contribution in [0, 0.1) is 6.92 Å². The van der Waals surface area contributed by atoms with Crippen LogP contribution >= 0.6 is 0 Å². The molecule has 0 saturated heterocycles. The summed E-state index contributed by atoms with van der Waals surface area (Å²) in [5.41, 5.74) is 3.50. The number of nitrogens with one attached hydrogen (secondary N) is 1. The fraction of sp³-hybridized carbons (Fsp3) is 0.364. The second-order valence-corrected chi connectivity index (χ2v) is 3.73. The van der Waals surface area contributed by atoms with Crippen LogP contribution in [-0.2, 0) is 20.1 Å². The molecule has 0 radical (unpaired) electrons. The maximum Gasteiger partial charge on any atom is 0.115 e. The van der Waals surface area contributed by atoms with E-state index in [2.05, 4.69) is 27.3 Å². The standard InChI is InChI=1S/C11H15N5/c1-9-11(7-15-16(9)2)6-12-3-10-4-13-8-14-5-10/h4-5,7-8,12H,3,6H2,1-2H3. The first-order chi connectivity index (χ1) is 7.77. The second kappa shape index (κ2) is 4.85. The van der Waals surface area contributed by atoms with Gasteiger partial charge in [0.2, 0.25) is 0 Å². The number of rotatable bonds is 4. The third-order valence-corrected chi connectivity index (χ3v) is 2.60. The zero-order chi connectivity index (χ0) is 11.4. The van der Waals surface area contributed by atoms with Crippen LogP contribution in [-0.4, -0.2) is 19.7 Å². The average molecular weight is 217 g/mol. The number of aryl methyl sites for hydroxylation is 1. The van der Waals surface area contributed by atoms with E-state index in [1.165, 1.54) is 17.6 Å². The molecule has 0 unspecified atom stereocenters. The Morgan fingerprint density at radius 3 is 2.56 bits per heavy atom. The molecule has 2 heterocycles. The van der Waals surface area contributed by atoms with Crippen molar-refractivity contribution in [3.63, 3.8) is 0 Å². The minimum Gasteiger partial charge on any atom is -0.308 e. The maximum atomic E-state index is 4.19. The highest BCUT2D eigenvalue weighted by Crippen LogP contribution is 2.05. The molecule has 2 aromatic heterocycles. The number of nitrogens with zero attached hydrogens (tertiary/aromatic N) is 4. The van der Waals surface area contributed by atoms with Gasteiger partial charge in [0, 0.05) is 49.4 Å². The summed E-state index contributed by atoms with van der Waals surface area (Å²) in [5, 5.41) is 7.53. The van der Waals surface area contributed by atoms with Crippen LogP contribution in [0.2, 0.25) is 0 Å². The molecule has 16 heavy (non-hydrogen) atoms. The molecule has 84 valence electrons. The fourth-order valence-corrected chi connectivity index (χ4v) is 1.48. The Labute approximate surface area is 94.5 Å². The summed E-state index contributed by atoms with van der Waals surface area (Å²) in [5.74, 6) is 0. The minimum atomic E-state index is 0.773. The summed E-state index contributed by atoms with van der Waals surface area (Å²) < 4.78 is 1.88. The lowest BCUT2D eigenvalue weighted by molar-refractivity contribution is 0.681. The number of aromatic nitrogens is 4. The van der Waals surface area contributed by atoms with Crippen LogP contribution in [0.5, 0.6) is 0 Å². The summed E-state index contributed by atoms with van der Waals surface area (Å²) in [6.07, 6.45) is 7.06. The van der Waals surface area contributed by atoms with Gasteiger partial charge in [-0.1, -0.05) is 0 Å². The van der Waals surface area contributed by atoms with Crippen LogP contribution in [0.1, 0.15) is 16.8 Å². The largest absolute Gasteiger partial charge is 0.308 e. The third-order valence-electron chi connectivity index (χ3n) is 2.60. The van der Waals surface area contributed by atoms with Gasteiger partial charge in [0.1, 0.15) is 6.33 Å². The molecule has 0 amide bonds. The van der Waals surface area contributed by atoms with Gasteiger partial charge in [0.25, 0.3) is 0 Å². The molecule has 0 spiro atoms. The molecule has 0 atom stereocenters. The average Bonchev–Trinajstić information content (AvgIpc) is 2.62. The molecule has 5 heteroatoms. The first-order valence-electron chi connectivity index (χ1n) is 5.19. The van der Waals surface area contributed by atoms with Crippen molar-refractivity contribution < 1.29 is 0 Å². The van der Waals surface area contributed by atoms with Gasteiger partial charge in [-0.2, -0.15) is 5.10 Å². The molecule has 0 aliphatic rings. The molecule has 2 aromatic rings. The van der Waals surface area contributed by atoms with E-state index in [0.717, 1.165) is 18.7 Å². The summed E-state index contributed by atoms with van der Waals surface area (Å²) >= 11 is 0. The van der Waals surface area contributed by atoms with Crippen molar-refractivity contribution in [3.05, 3.63) is 41.7 Å². The minimum absolute atomic E-state index is 0.773. The summed E-state index contributed by atoms with van der Waals surface area (Å²) in [6, 6.07) is 0. The van der Waals surface area contributed by atoms with Gasteiger partial charge in [-0.15, -0.1) is 0 Å². The molecule has 0 aromatic carbocycles. The van der Waals surface area contributed by atoms with Gasteiger partial charge in [-0.05, 0) is 6.92 Å². The normalized spacial score (nSPS) is 10.6. The Bertz CT molecular complexity index is 449. The van der Waals surface area contributed by atoms with Crippen molar-refractivity contribution in [2.24, 2.45) is 7.05 Å². The Hall–Kier alpha value is -1.75. The van der Waals surface area contributed by atoms with E-state index in [0.29, 0.717) is 0 Å². The van der Waals surface area contributed by atoms with Crippen LogP contribution in [0.3, 0.4) is 0 Å². The van der Waals surface area contributed by atoms with E-state index in [1.807, 2.05) is 30.3 Å². The van der Waals surface area contributed by atoms with E-state index in [9.17, 15) is 0 Å². The SMILES string of the molecule is Cc1c(CNCc2cncnc2)cnn1C. The Morgan fingerprint density at radius 1 is 1.19 bits per heavy atom. The molecular formula is C11H15N5. The Morgan fingerprint density at radius 2 is 1.94 bits per heavy atom. The Kier molecular flexibility index (Phi) is 3.26. The van der Waals surface area contributed by atoms with E-state index < -0.39 is 0 Å². The van der Waals surface area contributed by atoms with Gasteiger partial charge in [-0.25, -0.2) is 9.97 Å². The molecule has 2 rings (SSSR count). The third kappa shape index (κ3) is 2.43. The van der Waals surface area contributed by atoms with Crippen molar-refractivity contribution in [1.29, 1.82) is 0 Å². The maximum absolute atomic E-state index is 4.19.